The van der Waals surface area contributed by atoms with Gasteiger partial charge in [-0.05, 0) is 154 Å². The molecule has 0 rings (SSSR count). The first kappa shape index (κ1) is 124. The van der Waals surface area contributed by atoms with Gasteiger partial charge in [0.05, 0.1) is 77.8 Å². The predicted molar refractivity (Wildman–Crippen MR) is 518 cm³/mol. The maximum atomic E-state index is 14.0. The standard InChI is InChI=1S/C101H186N4O22P2/c1-9-17-25-33-37-41-45-53-61-69-98(110)124-90(65-57-49-29-21-13-5)73-77-118-84-88(104-96(108)81-92(67-59-51-31-23-15-7)126-100(112)71-63-55-47-43-39-35-27-19-11-3)86-122-128(114,115)120-79-75-102-94(106)83-95(107)103-76-80-121-129(116,117)123-87-89(85-119-78-74-91(66-58-50-30-22-14-6)125-99(111)70-62-54-46-42-38-34-26-18-10-2)105-97(109)82-93(68-60-52-32-24-16-8)127-101(113)72-64-56-48-44-40-36-28-20-12-4/h41-48,88-93H,9-40,49-87H2,1-8H3,(H,102,106)(H,103,107)(H,104,108)(H,105,109)(H,114,115)(H,116,117)/t88?,89?,90-,91-,92-,93-/m1/s1. The van der Waals surface area contributed by atoms with Gasteiger partial charge in [0.2, 0.25) is 23.6 Å². The zero-order valence-electron chi connectivity index (χ0n) is 82.2. The molecule has 129 heavy (non-hydrogen) atoms. The number of unbranched alkanes of at least 4 members (excludes halogenated alkanes) is 36. The van der Waals surface area contributed by atoms with E-state index in [0.717, 1.165) is 205 Å². The van der Waals surface area contributed by atoms with Gasteiger partial charge in [-0.3, -0.25) is 56.5 Å². The number of esters is 4. The van der Waals surface area contributed by atoms with Crippen LogP contribution in [0, 0.1) is 0 Å². The number of amides is 4. The zero-order chi connectivity index (χ0) is 94.8. The lowest BCUT2D eigenvalue weighted by molar-refractivity contribution is -0.152. The zero-order valence-corrected chi connectivity index (χ0v) is 84.0. The third-order valence-corrected chi connectivity index (χ3v) is 24.2. The van der Waals surface area contributed by atoms with Crippen LogP contribution < -0.4 is 21.3 Å². The molecule has 0 aliphatic carbocycles. The Kier molecular flexibility index (Phi) is 87.0. The van der Waals surface area contributed by atoms with E-state index in [1.165, 1.54) is 77.0 Å². The summed E-state index contributed by atoms with van der Waals surface area (Å²) in [6.07, 6.45) is 66.0. The maximum absolute atomic E-state index is 14.0. The molecule has 26 nitrogen and oxygen atoms in total. The van der Waals surface area contributed by atoms with E-state index in [1.54, 1.807) is 0 Å². The summed E-state index contributed by atoms with van der Waals surface area (Å²) in [4.78, 5) is 129. The van der Waals surface area contributed by atoms with E-state index in [0.29, 0.717) is 64.2 Å². The molecule has 0 radical (unpaired) electrons. The SMILES string of the molecule is CCCCCCC=CCCCC(=O)O[C@H](CCCCCCC)CCOCC(COP(=O)(O)OCCNC(=O)CC(=O)NCCOP(=O)(O)OCC(COCC[C@@H](CCCCCCC)OC(=O)CCCC=CCCCCCC)NC(=O)C[C@@H](CCCCCCC)OC(=O)CCCC=CCCCCCC)NC(=O)C[C@@H](CCCCCCC)OC(=O)CCCC=CCCCCCC. The Morgan fingerprint density at radius 2 is 0.512 bits per heavy atom. The number of carbonyl (C=O) groups excluding carboxylic acids is 8. The van der Waals surface area contributed by atoms with Crippen molar-refractivity contribution in [3.8, 4) is 0 Å². The average Bonchev–Trinajstić information content (AvgIpc) is 0.908. The van der Waals surface area contributed by atoms with Crippen molar-refractivity contribution in [1.29, 1.82) is 0 Å². The highest BCUT2D eigenvalue weighted by Gasteiger charge is 2.30. The summed E-state index contributed by atoms with van der Waals surface area (Å²) >= 11 is 0. The van der Waals surface area contributed by atoms with Crippen molar-refractivity contribution < 1.29 is 104 Å². The second-order valence-electron chi connectivity index (χ2n) is 34.8. The molecule has 28 heteroatoms. The normalized spacial score (nSPS) is 14.2. The molecule has 752 valence electrons. The molecule has 4 unspecified atom stereocenters. The van der Waals surface area contributed by atoms with Crippen molar-refractivity contribution in [3.05, 3.63) is 48.6 Å². The van der Waals surface area contributed by atoms with Crippen LogP contribution in [0.2, 0.25) is 0 Å². The number of hydrogen-bond donors (Lipinski definition) is 6. The van der Waals surface area contributed by atoms with E-state index in [-0.39, 0.29) is 90.0 Å². The monoisotopic (exact) mass is 1870 g/mol. The Morgan fingerprint density at radius 3 is 0.783 bits per heavy atom. The molecule has 0 aromatic heterocycles. The van der Waals surface area contributed by atoms with Gasteiger partial charge in [-0.2, -0.15) is 0 Å². The minimum atomic E-state index is -4.89. The first-order valence-corrected chi connectivity index (χ1v) is 54.5. The largest absolute Gasteiger partial charge is 0.472 e. The van der Waals surface area contributed by atoms with Gasteiger partial charge in [0.25, 0.3) is 0 Å². The summed E-state index contributed by atoms with van der Waals surface area (Å²) in [5, 5.41) is 10.6. The number of nitrogens with one attached hydrogen (secondary N) is 4. The van der Waals surface area contributed by atoms with Crippen molar-refractivity contribution in [2.24, 2.45) is 0 Å². The third-order valence-electron chi connectivity index (χ3n) is 22.2. The van der Waals surface area contributed by atoms with Gasteiger partial charge in [-0.1, -0.05) is 284 Å². The summed E-state index contributed by atoms with van der Waals surface area (Å²) < 4.78 is 84.5. The number of allylic oxidation sites excluding steroid dienone is 8. The smallest absolute Gasteiger partial charge is 0.462 e. The quantitative estimate of drug-likeness (QED) is 0.00822. The van der Waals surface area contributed by atoms with Gasteiger partial charge in [-0.15, -0.1) is 0 Å². The van der Waals surface area contributed by atoms with E-state index in [2.05, 4.69) is 125 Å². The number of hydrogen-bond acceptors (Lipinski definition) is 20. The highest BCUT2D eigenvalue weighted by atomic mass is 31.2. The maximum Gasteiger partial charge on any atom is 0.472 e. The van der Waals surface area contributed by atoms with Crippen LogP contribution in [0.1, 0.15) is 447 Å². The number of phosphoric acid groups is 2. The molecule has 0 aliphatic rings. The van der Waals surface area contributed by atoms with E-state index in [9.17, 15) is 57.3 Å². The Hall–Kier alpha value is -5.14. The lowest BCUT2D eigenvalue weighted by atomic mass is 10.1. The minimum absolute atomic E-state index is 0.122. The fourth-order valence-electron chi connectivity index (χ4n) is 14.5. The van der Waals surface area contributed by atoms with Crippen LogP contribution in [0.25, 0.3) is 0 Å². The van der Waals surface area contributed by atoms with E-state index >= 15 is 0 Å². The Balaban J connectivity index is 6.30. The van der Waals surface area contributed by atoms with Crippen molar-refractivity contribution in [2.45, 2.75) is 484 Å². The molecule has 0 spiro atoms. The minimum Gasteiger partial charge on any atom is -0.462 e. The fraction of sp³-hybridized carbons (Fsp3) is 0.842. The van der Waals surface area contributed by atoms with Gasteiger partial charge >= 0.3 is 39.5 Å². The second-order valence-corrected chi connectivity index (χ2v) is 37.8. The van der Waals surface area contributed by atoms with Crippen molar-refractivity contribution in [1.82, 2.24) is 21.3 Å². The van der Waals surface area contributed by atoms with Crippen molar-refractivity contribution >= 4 is 63.2 Å². The van der Waals surface area contributed by atoms with Gasteiger partial charge in [0.1, 0.15) is 30.8 Å². The van der Waals surface area contributed by atoms with Gasteiger partial charge in [0.15, 0.2) is 0 Å². The number of rotatable bonds is 96. The van der Waals surface area contributed by atoms with Crippen LogP contribution >= 0.6 is 15.6 Å². The van der Waals surface area contributed by atoms with Crippen LogP contribution in [0.15, 0.2) is 48.6 Å². The molecule has 6 N–H and O–H groups in total. The molecule has 0 aliphatic heterocycles. The number of carbonyl (C=O) groups is 8. The fourth-order valence-corrected chi connectivity index (χ4v) is 16.0. The molecule has 0 fully saturated rings. The lowest BCUT2D eigenvalue weighted by Crippen LogP contribution is -2.43. The van der Waals surface area contributed by atoms with Gasteiger partial charge in [-0.25, -0.2) is 9.13 Å². The molecular weight excluding hydrogens is 1680 g/mol. The van der Waals surface area contributed by atoms with Crippen LogP contribution in [0.3, 0.4) is 0 Å². The Morgan fingerprint density at radius 1 is 0.271 bits per heavy atom. The molecule has 4 amide bonds. The first-order chi connectivity index (χ1) is 62.6. The van der Waals surface area contributed by atoms with E-state index < -0.39 is 121 Å². The number of ether oxygens (including phenoxy) is 6. The molecule has 8 atom stereocenters. The first-order valence-electron chi connectivity index (χ1n) is 51.5. The third kappa shape index (κ3) is 85.5. The van der Waals surface area contributed by atoms with Crippen LogP contribution in [0.4, 0.5) is 0 Å². The topological polar surface area (TPSA) is 352 Å². The van der Waals surface area contributed by atoms with Crippen LogP contribution in [-0.4, -0.2) is 160 Å². The lowest BCUT2D eigenvalue weighted by Gasteiger charge is -2.23. The summed E-state index contributed by atoms with van der Waals surface area (Å²) in [5.74, 6) is -3.94. The summed E-state index contributed by atoms with van der Waals surface area (Å²) in [7, 11) is -9.77. The van der Waals surface area contributed by atoms with E-state index in [1.807, 2.05) is 0 Å². The molecule has 0 saturated heterocycles. The van der Waals surface area contributed by atoms with Crippen LogP contribution in [0.5, 0.6) is 0 Å². The predicted octanol–water partition coefficient (Wildman–Crippen LogP) is 24.3. The molecular formula is C101H186N4O22P2. The van der Waals surface area contributed by atoms with Crippen molar-refractivity contribution in [3.63, 3.8) is 0 Å². The molecule has 0 aromatic rings. The van der Waals surface area contributed by atoms with Crippen molar-refractivity contribution in [2.75, 3.05) is 65.9 Å². The molecule has 0 heterocycles. The summed E-state index contributed by atoms with van der Waals surface area (Å²) in [6.45, 7) is 14.3. The molecule has 0 aromatic carbocycles. The summed E-state index contributed by atoms with van der Waals surface area (Å²) in [6, 6.07) is -2.02. The summed E-state index contributed by atoms with van der Waals surface area (Å²) in [5.41, 5.74) is 0. The second kappa shape index (κ2) is 90.7. The highest BCUT2D eigenvalue weighted by Crippen LogP contribution is 2.44. The Labute approximate surface area is 782 Å². The highest BCUT2D eigenvalue weighted by molar-refractivity contribution is 7.47. The van der Waals surface area contributed by atoms with Gasteiger partial charge < -0.3 is 59.5 Å². The number of phosphoric ester groups is 2. The molecule has 0 saturated carbocycles. The van der Waals surface area contributed by atoms with E-state index in [4.69, 9.17) is 46.5 Å². The van der Waals surface area contributed by atoms with Gasteiger partial charge in [0, 0.05) is 51.6 Å². The molecule has 0 bridgehead atoms. The Bertz CT molecular complexity index is 2770. The average molecular weight is 1870 g/mol. The van der Waals surface area contributed by atoms with Crippen LogP contribution in [-0.2, 0) is 94.0 Å².